The molecule has 0 spiro atoms. The van der Waals surface area contributed by atoms with Gasteiger partial charge >= 0.3 is 0 Å². The number of thiocarbonyl (C=S) groups is 1. The molecule has 0 unspecified atom stereocenters. The van der Waals surface area contributed by atoms with Gasteiger partial charge < -0.3 is 10.6 Å². The van der Waals surface area contributed by atoms with Crippen LogP contribution >= 0.6 is 23.6 Å². The van der Waals surface area contributed by atoms with E-state index in [0.717, 1.165) is 4.99 Å². The average molecular weight is 314 g/mol. The first-order valence-corrected chi connectivity index (χ1v) is 8.74. The molecule has 21 heavy (non-hydrogen) atoms. The van der Waals surface area contributed by atoms with Crippen LogP contribution in [0.5, 0.6) is 0 Å². The predicted molar refractivity (Wildman–Crippen MR) is 92.9 cm³/mol. The third kappa shape index (κ3) is 2.63. The topological polar surface area (TPSA) is 24.1 Å². The number of hydrogen-bond acceptors (Lipinski definition) is 3. The van der Waals surface area contributed by atoms with Gasteiger partial charge in [-0.25, -0.2) is 0 Å². The van der Waals surface area contributed by atoms with Crippen LogP contribution in [-0.2, 0) is 0 Å². The largest absolute Gasteiger partial charge is 0.371 e. The van der Waals surface area contributed by atoms with Crippen LogP contribution in [0.3, 0.4) is 0 Å². The Morgan fingerprint density at radius 2 is 2.00 bits per heavy atom. The van der Waals surface area contributed by atoms with Crippen molar-refractivity contribution in [1.82, 2.24) is 10.6 Å². The molecule has 2 aliphatic heterocycles. The van der Waals surface area contributed by atoms with Crippen LogP contribution in [0.15, 0.2) is 42.5 Å². The second-order valence-corrected chi connectivity index (χ2v) is 7.39. The van der Waals surface area contributed by atoms with E-state index in [1.165, 1.54) is 34.6 Å². The normalized spacial score (nSPS) is 27.0. The second-order valence-electron chi connectivity index (χ2n) is 5.89. The SMILES string of the molecule is S=C(N[C@@H]1C[C@@H]2CC[C@@H]1N2)c1ccc(-c2ccccc2)s1. The van der Waals surface area contributed by atoms with Crippen molar-refractivity contribution >= 4 is 28.5 Å². The van der Waals surface area contributed by atoms with Crippen LogP contribution in [0.2, 0.25) is 0 Å². The molecule has 1 aromatic carbocycles. The lowest BCUT2D eigenvalue weighted by Crippen LogP contribution is -2.42. The van der Waals surface area contributed by atoms with Crippen LogP contribution in [-0.4, -0.2) is 23.1 Å². The number of fused-ring (bicyclic) bond motifs is 2. The van der Waals surface area contributed by atoms with Crippen molar-refractivity contribution in [2.75, 3.05) is 0 Å². The molecule has 2 saturated heterocycles. The minimum Gasteiger partial charge on any atom is -0.371 e. The minimum absolute atomic E-state index is 0.513. The van der Waals surface area contributed by atoms with Crippen molar-refractivity contribution in [2.24, 2.45) is 0 Å². The highest BCUT2D eigenvalue weighted by molar-refractivity contribution is 7.81. The molecule has 4 heteroatoms. The zero-order valence-corrected chi connectivity index (χ0v) is 13.3. The van der Waals surface area contributed by atoms with E-state index in [1.54, 1.807) is 11.3 Å². The molecule has 108 valence electrons. The Bertz CT molecular complexity index is 650. The van der Waals surface area contributed by atoms with Crippen LogP contribution in [0.4, 0.5) is 0 Å². The van der Waals surface area contributed by atoms with Gasteiger partial charge in [-0.15, -0.1) is 11.3 Å². The van der Waals surface area contributed by atoms with Gasteiger partial charge in [-0.2, -0.15) is 0 Å². The Morgan fingerprint density at radius 3 is 2.71 bits per heavy atom. The summed E-state index contributed by atoms with van der Waals surface area (Å²) in [6.07, 6.45) is 3.82. The van der Waals surface area contributed by atoms with Crippen LogP contribution in [0, 0.1) is 0 Å². The summed E-state index contributed by atoms with van der Waals surface area (Å²) in [7, 11) is 0. The molecule has 0 radical (unpaired) electrons. The summed E-state index contributed by atoms with van der Waals surface area (Å²) in [5.74, 6) is 0. The van der Waals surface area contributed by atoms with Crippen molar-refractivity contribution in [3.05, 3.63) is 47.3 Å². The fourth-order valence-electron chi connectivity index (χ4n) is 3.44. The van der Waals surface area contributed by atoms with Gasteiger partial charge in [0.05, 0.1) is 4.88 Å². The standard InChI is InChI=1S/C17H18N2S2/c20-17(19-14-10-12-6-7-13(14)18-12)16-9-8-15(21-16)11-4-2-1-3-5-11/h1-5,8-9,12-14,18H,6-7,10H2,(H,19,20)/t12-,13-,14+/m0/s1. The second kappa shape index (κ2) is 5.52. The Hall–Kier alpha value is -1.23. The summed E-state index contributed by atoms with van der Waals surface area (Å²) in [5, 5.41) is 7.22. The molecule has 3 heterocycles. The summed E-state index contributed by atoms with van der Waals surface area (Å²) in [5.41, 5.74) is 1.26. The highest BCUT2D eigenvalue weighted by Gasteiger charge is 2.39. The van der Waals surface area contributed by atoms with E-state index in [-0.39, 0.29) is 0 Å². The Kier molecular flexibility index (Phi) is 3.53. The van der Waals surface area contributed by atoms with E-state index in [9.17, 15) is 0 Å². The van der Waals surface area contributed by atoms with Gasteiger partial charge in [-0.05, 0) is 37.0 Å². The Balaban J connectivity index is 1.47. The van der Waals surface area contributed by atoms with E-state index in [1.807, 2.05) is 6.07 Å². The van der Waals surface area contributed by atoms with Crippen molar-refractivity contribution in [3.8, 4) is 10.4 Å². The molecule has 0 aliphatic carbocycles. The fourth-order valence-corrected chi connectivity index (χ4v) is 4.70. The molecule has 0 saturated carbocycles. The predicted octanol–water partition coefficient (Wildman–Crippen LogP) is 3.57. The summed E-state index contributed by atoms with van der Waals surface area (Å²) in [6, 6.07) is 16.6. The highest BCUT2D eigenvalue weighted by atomic mass is 32.1. The quantitative estimate of drug-likeness (QED) is 0.847. The Labute approximate surface area is 134 Å². The summed E-state index contributed by atoms with van der Waals surface area (Å²) < 4.78 is 0. The number of thiophene rings is 1. The zero-order chi connectivity index (χ0) is 14.2. The fraction of sp³-hybridized carbons (Fsp3) is 0.353. The van der Waals surface area contributed by atoms with Crippen LogP contribution in [0.1, 0.15) is 24.1 Å². The van der Waals surface area contributed by atoms with Gasteiger partial charge in [0.1, 0.15) is 4.99 Å². The van der Waals surface area contributed by atoms with Gasteiger partial charge in [-0.3, -0.25) is 0 Å². The van der Waals surface area contributed by atoms with E-state index in [2.05, 4.69) is 47.0 Å². The summed E-state index contributed by atoms with van der Waals surface area (Å²) >= 11 is 7.38. The number of rotatable bonds is 3. The maximum absolute atomic E-state index is 5.61. The lowest BCUT2D eigenvalue weighted by Gasteiger charge is -2.22. The van der Waals surface area contributed by atoms with Crippen molar-refractivity contribution in [1.29, 1.82) is 0 Å². The highest BCUT2D eigenvalue weighted by Crippen LogP contribution is 2.30. The molecule has 2 fully saturated rings. The molecule has 2 aromatic rings. The molecule has 0 amide bonds. The van der Waals surface area contributed by atoms with Gasteiger partial charge in [0, 0.05) is 23.0 Å². The van der Waals surface area contributed by atoms with Gasteiger partial charge in [0.15, 0.2) is 0 Å². The van der Waals surface area contributed by atoms with Gasteiger partial charge in [0.25, 0.3) is 0 Å². The minimum atomic E-state index is 0.513. The molecule has 4 rings (SSSR count). The molecule has 2 N–H and O–H groups in total. The molecular formula is C17H18N2S2. The van der Waals surface area contributed by atoms with Gasteiger partial charge in [0.2, 0.25) is 0 Å². The molecular weight excluding hydrogens is 296 g/mol. The molecule has 2 aliphatic rings. The molecule has 3 atom stereocenters. The molecule has 2 nitrogen and oxygen atoms in total. The monoisotopic (exact) mass is 314 g/mol. The first-order chi connectivity index (χ1) is 10.3. The van der Waals surface area contributed by atoms with Crippen molar-refractivity contribution < 1.29 is 0 Å². The number of hydrogen-bond donors (Lipinski definition) is 2. The van der Waals surface area contributed by atoms with Crippen LogP contribution < -0.4 is 10.6 Å². The van der Waals surface area contributed by atoms with Crippen molar-refractivity contribution in [3.63, 3.8) is 0 Å². The number of nitrogens with one attached hydrogen (secondary N) is 2. The molecule has 1 aromatic heterocycles. The Morgan fingerprint density at radius 1 is 1.14 bits per heavy atom. The lowest BCUT2D eigenvalue weighted by molar-refractivity contribution is 0.469. The lowest BCUT2D eigenvalue weighted by atomic mass is 9.95. The third-order valence-electron chi connectivity index (χ3n) is 4.50. The smallest absolute Gasteiger partial charge is 0.117 e. The summed E-state index contributed by atoms with van der Waals surface area (Å²) in [6.45, 7) is 0. The third-order valence-corrected chi connectivity index (χ3v) is 6.12. The average Bonchev–Trinajstić information content (AvgIpc) is 3.24. The van der Waals surface area contributed by atoms with E-state index in [4.69, 9.17) is 12.2 Å². The van der Waals surface area contributed by atoms with Crippen LogP contribution in [0.25, 0.3) is 10.4 Å². The summed E-state index contributed by atoms with van der Waals surface area (Å²) in [4.78, 5) is 3.36. The van der Waals surface area contributed by atoms with Crippen molar-refractivity contribution in [2.45, 2.75) is 37.4 Å². The first-order valence-electron chi connectivity index (χ1n) is 7.52. The van der Waals surface area contributed by atoms with Gasteiger partial charge in [-0.1, -0.05) is 42.5 Å². The first kappa shape index (κ1) is 13.4. The number of benzene rings is 1. The van der Waals surface area contributed by atoms with E-state index < -0.39 is 0 Å². The van der Waals surface area contributed by atoms with E-state index >= 15 is 0 Å². The maximum atomic E-state index is 5.61. The van der Waals surface area contributed by atoms with E-state index in [0.29, 0.717) is 18.1 Å². The maximum Gasteiger partial charge on any atom is 0.117 e. The zero-order valence-electron chi connectivity index (χ0n) is 11.7. The molecule has 2 bridgehead atoms.